The Labute approximate surface area is 151 Å². The van der Waals surface area contributed by atoms with Crippen LogP contribution in [0, 0.1) is 24.0 Å². The number of nitro benzene ring substituents is 1. The topological polar surface area (TPSA) is 118 Å². The minimum absolute atomic E-state index is 0.0643. The number of benzene rings is 1. The fraction of sp³-hybridized carbons (Fsp3) is 0.375. The second-order valence-electron chi connectivity index (χ2n) is 6.12. The van der Waals surface area contributed by atoms with Gasteiger partial charge >= 0.3 is 0 Å². The van der Waals surface area contributed by atoms with E-state index in [0.29, 0.717) is 23.0 Å². The number of nitrogens with zero attached hydrogens (tertiary/aromatic N) is 4. The summed E-state index contributed by atoms with van der Waals surface area (Å²) in [5.74, 6) is 0.607. The first-order chi connectivity index (χ1) is 12.3. The van der Waals surface area contributed by atoms with Crippen molar-refractivity contribution in [2.24, 2.45) is 0 Å². The highest BCUT2D eigenvalue weighted by atomic mass is 32.2. The molecule has 0 aliphatic carbocycles. The number of sulfonamides is 1. The molecule has 1 aliphatic rings. The summed E-state index contributed by atoms with van der Waals surface area (Å²) in [4.78, 5) is 21.0. The quantitative estimate of drug-likeness (QED) is 0.628. The summed E-state index contributed by atoms with van der Waals surface area (Å²) in [6, 6.07) is 4.71. The van der Waals surface area contributed by atoms with Crippen molar-refractivity contribution in [1.29, 1.82) is 0 Å². The summed E-state index contributed by atoms with van der Waals surface area (Å²) >= 11 is 0. The number of hydrogen-bond donors (Lipinski definition) is 1. The molecule has 0 atom stereocenters. The van der Waals surface area contributed by atoms with Gasteiger partial charge in [0.25, 0.3) is 15.7 Å². The molecular formula is C16H19N5O4S. The van der Waals surface area contributed by atoms with E-state index in [0.717, 1.165) is 38.1 Å². The van der Waals surface area contributed by atoms with E-state index in [-0.39, 0.29) is 10.6 Å². The van der Waals surface area contributed by atoms with Gasteiger partial charge in [-0.3, -0.25) is 14.8 Å². The van der Waals surface area contributed by atoms with E-state index in [1.807, 2.05) is 0 Å². The maximum Gasteiger partial charge on any atom is 0.269 e. The Kier molecular flexibility index (Phi) is 4.77. The highest BCUT2D eigenvalue weighted by Gasteiger charge is 2.21. The SMILES string of the molecule is Cc1nc(N2CCCC2)nc(C)c1NS(=O)(=O)c1ccc([N+](=O)[O-])cc1. The molecule has 2 aromatic rings. The number of anilines is 2. The molecule has 0 bridgehead atoms. The van der Waals surface area contributed by atoms with Crippen LogP contribution in [0.4, 0.5) is 17.3 Å². The monoisotopic (exact) mass is 377 g/mol. The molecular weight excluding hydrogens is 358 g/mol. The first-order valence-electron chi connectivity index (χ1n) is 8.15. The second kappa shape index (κ2) is 6.87. The molecule has 138 valence electrons. The van der Waals surface area contributed by atoms with Crippen LogP contribution in [0.3, 0.4) is 0 Å². The molecule has 0 saturated carbocycles. The van der Waals surface area contributed by atoms with Crippen molar-refractivity contribution < 1.29 is 13.3 Å². The van der Waals surface area contributed by atoms with Crippen molar-refractivity contribution in [2.75, 3.05) is 22.7 Å². The molecule has 0 unspecified atom stereocenters. The molecule has 2 heterocycles. The first-order valence-corrected chi connectivity index (χ1v) is 9.64. The largest absolute Gasteiger partial charge is 0.341 e. The Morgan fingerprint density at radius 2 is 1.62 bits per heavy atom. The van der Waals surface area contributed by atoms with Gasteiger partial charge in [-0.15, -0.1) is 0 Å². The lowest BCUT2D eigenvalue weighted by Gasteiger charge is -2.18. The average Bonchev–Trinajstić information content (AvgIpc) is 3.12. The van der Waals surface area contributed by atoms with Crippen LogP contribution in [0.25, 0.3) is 0 Å². The highest BCUT2D eigenvalue weighted by Crippen LogP contribution is 2.25. The fourth-order valence-corrected chi connectivity index (χ4v) is 4.02. The zero-order chi connectivity index (χ0) is 18.9. The van der Waals surface area contributed by atoms with Crippen LogP contribution in [0.5, 0.6) is 0 Å². The molecule has 1 saturated heterocycles. The minimum atomic E-state index is -3.90. The van der Waals surface area contributed by atoms with Crippen molar-refractivity contribution in [1.82, 2.24) is 9.97 Å². The van der Waals surface area contributed by atoms with E-state index in [9.17, 15) is 18.5 Å². The molecule has 1 N–H and O–H groups in total. The van der Waals surface area contributed by atoms with Gasteiger partial charge in [0.2, 0.25) is 5.95 Å². The number of aromatic nitrogens is 2. The van der Waals surface area contributed by atoms with Gasteiger partial charge in [-0.1, -0.05) is 0 Å². The third kappa shape index (κ3) is 3.59. The molecule has 0 spiro atoms. The maximum absolute atomic E-state index is 12.6. The van der Waals surface area contributed by atoms with Gasteiger partial charge in [0.1, 0.15) is 0 Å². The molecule has 9 nitrogen and oxygen atoms in total. The van der Waals surface area contributed by atoms with Gasteiger partial charge < -0.3 is 4.90 Å². The van der Waals surface area contributed by atoms with Crippen LogP contribution >= 0.6 is 0 Å². The Hall–Kier alpha value is -2.75. The van der Waals surface area contributed by atoms with E-state index in [4.69, 9.17) is 0 Å². The van der Waals surface area contributed by atoms with Gasteiger partial charge in [0.15, 0.2) is 0 Å². The van der Waals surface area contributed by atoms with Gasteiger partial charge in [-0.25, -0.2) is 18.4 Å². The predicted octanol–water partition coefficient (Wildman–Crippen LogP) is 2.40. The van der Waals surface area contributed by atoms with Gasteiger partial charge in [0.05, 0.1) is 26.9 Å². The number of nitro groups is 1. The molecule has 3 rings (SSSR count). The lowest BCUT2D eigenvalue weighted by molar-refractivity contribution is -0.384. The standard InChI is InChI=1S/C16H19N5O4S/c1-11-15(12(2)18-16(17-11)20-9-3-4-10-20)19-26(24,25)14-7-5-13(6-8-14)21(22)23/h5-8,19H,3-4,9-10H2,1-2H3. The second-order valence-corrected chi connectivity index (χ2v) is 7.80. The smallest absolute Gasteiger partial charge is 0.269 e. The number of hydrogen-bond acceptors (Lipinski definition) is 7. The normalized spacial score (nSPS) is 14.5. The molecule has 26 heavy (non-hydrogen) atoms. The zero-order valence-electron chi connectivity index (χ0n) is 14.5. The molecule has 10 heteroatoms. The van der Waals surface area contributed by atoms with E-state index >= 15 is 0 Å². The molecule has 1 aliphatic heterocycles. The Morgan fingerprint density at radius 1 is 1.08 bits per heavy atom. The van der Waals surface area contributed by atoms with Crippen LogP contribution in [0.15, 0.2) is 29.2 Å². The van der Waals surface area contributed by atoms with E-state index in [1.54, 1.807) is 13.8 Å². The summed E-state index contributed by atoms with van der Waals surface area (Å²) < 4.78 is 27.7. The van der Waals surface area contributed by atoms with Crippen LogP contribution in [0.2, 0.25) is 0 Å². The Bertz CT molecular complexity index is 915. The molecule has 0 radical (unpaired) electrons. The van der Waals surface area contributed by atoms with Crippen LogP contribution in [0.1, 0.15) is 24.2 Å². The molecule has 1 fully saturated rings. The number of nitrogens with one attached hydrogen (secondary N) is 1. The summed E-state index contributed by atoms with van der Waals surface area (Å²) in [5.41, 5.74) is 1.22. The zero-order valence-corrected chi connectivity index (χ0v) is 15.3. The van der Waals surface area contributed by atoms with E-state index in [1.165, 1.54) is 12.1 Å². The van der Waals surface area contributed by atoms with Crippen LogP contribution in [-0.2, 0) is 10.0 Å². The van der Waals surface area contributed by atoms with Crippen LogP contribution < -0.4 is 9.62 Å². The molecule has 1 aromatic heterocycles. The van der Waals surface area contributed by atoms with Crippen molar-refractivity contribution >= 4 is 27.3 Å². The maximum atomic E-state index is 12.6. The van der Waals surface area contributed by atoms with Gasteiger partial charge in [-0.05, 0) is 38.8 Å². The summed E-state index contributed by atoms with van der Waals surface area (Å²) in [7, 11) is -3.90. The van der Waals surface area contributed by atoms with Crippen LogP contribution in [-0.4, -0.2) is 36.4 Å². The summed E-state index contributed by atoms with van der Waals surface area (Å²) in [6.07, 6.45) is 2.19. The van der Waals surface area contributed by atoms with Crippen molar-refractivity contribution in [3.05, 3.63) is 45.8 Å². The number of rotatable bonds is 5. The lowest BCUT2D eigenvalue weighted by atomic mass is 10.3. The third-order valence-corrected chi connectivity index (χ3v) is 5.61. The Morgan fingerprint density at radius 3 is 2.12 bits per heavy atom. The summed E-state index contributed by atoms with van der Waals surface area (Å²) in [6.45, 7) is 5.24. The minimum Gasteiger partial charge on any atom is -0.341 e. The molecule has 1 aromatic carbocycles. The average molecular weight is 377 g/mol. The van der Waals surface area contributed by atoms with Gasteiger partial charge in [0, 0.05) is 25.2 Å². The van der Waals surface area contributed by atoms with E-state index in [2.05, 4.69) is 19.6 Å². The fourth-order valence-electron chi connectivity index (χ4n) is 2.85. The van der Waals surface area contributed by atoms with Crippen molar-refractivity contribution in [3.8, 4) is 0 Å². The number of aryl methyl sites for hydroxylation is 2. The summed E-state index contributed by atoms with van der Waals surface area (Å²) in [5, 5.41) is 10.7. The molecule has 0 amide bonds. The highest BCUT2D eigenvalue weighted by molar-refractivity contribution is 7.92. The van der Waals surface area contributed by atoms with Gasteiger partial charge in [-0.2, -0.15) is 0 Å². The Balaban J connectivity index is 1.88. The van der Waals surface area contributed by atoms with Crippen molar-refractivity contribution in [2.45, 2.75) is 31.6 Å². The third-order valence-electron chi connectivity index (χ3n) is 4.24. The predicted molar refractivity (Wildman–Crippen MR) is 96.9 cm³/mol. The van der Waals surface area contributed by atoms with E-state index < -0.39 is 14.9 Å². The first kappa shape index (κ1) is 18.1. The van der Waals surface area contributed by atoms with Crippen molar-refractivity contribution in [3.63, 3.8) is 0 Å². The number of non-ortho nitro benzene ring substituents is 1. The lowest BCUT2D eigenvalue weighted by Crippen LogP contribution is -2.22.